The second-order valence-corrected chi connectivity index (χ2v) is 27.3. The third kappa shape index (κ3) is 13.8. The van der Waals surface area contributed by atoms with Crippen molar-refractivity contribution < 1.29 is 19.4 Å². The van der Waals surface area contributed by atoms with Crippen LogP contribution in [0.4, 0.5) is 17.1 Å². The number of rotatable bonds is 10. The van der Waals surface area contributed by atoms with E-state index in [0.717, 1.165) is 107 Å². The molecule has 0 bridgehead atoms. The summed E-state index contributed by atoms with van der Waals surface area (Å²) >= 11 is 19.2. The molecule has 6 aliphatic rings. The number of nitrogens with zero attached hydrogens (tertiary/aromatic N) is 3. The fourth-order valence-corrected chi connectivity index (χ4v) is 16.4. The monoisotopic (exact) mass is 1300 g/mol. The first-order chi connectivity index (χ1) is 45.3. The van der Waals surface area contributed by atoms with Gasteiger partial charge in [0.2, 0.25) is 0 Å². The Bertz CT molecular complexity index is 4150. The van der Waals surface area contributed by atoms with E-state index in [1.807, 2.05) is 54.6 Å². The molecule has 0 saturated carbocycles. The smallest absolute Gasteiger partial charge is 0.255 e. The molecule has 9 aromatic carbocycles. The molecule has 93 heavy (non-hydrogen) atoms. The van der Waals surface area contributed by atoms with Gasteiger partial charge in [0.05, 0.1) is 29.3 Å². The van der Waals surface area contributed by atoms with Crippen molar-refractivity contribution in [1.82, 2.24) is 14.7 Å². The Morgan fingerprint density at radius 2 is 0.785 bits per heavy atom. The number of nitrogens with one attached hydrogen (secondary N) is 3. The third-order valence-corrected chi connectivity index (χ3v) is 21.5. The highest BCUT2D eigenvalue weighted by atomic mass is 35.5. The minimum Gasteiger partial charge on any atom is -0.506 e. The lowest BCUT2D eigenvalue weighted by molar-refractivity contribution is 0.102. The maximum atomic E-state index is 12.6. The fourth-order valence-electron chi connectivity index (χ4n) is 15.7. The number of likely N-dealkylation sites (N-methyl/N-ethyl adjacent to an activating group) is 3. The number of methoxy groups -OCH3 is 2. The first-order valence-electron chi connectivity index (χ1n) is 32.9. The zero-order valence-corrected chi connectivity index (χ0v) is 56.1. The predicted octanol–water partition coefficient (Wildman–Crippen LogP) is 17.0. The normalized spacial score (nSPS) is 20.2. The molecule has 3 aliphatic carbocycles. The summed E-state index contributed by atoms with van der Waals surface area (Å²) < 4.78 is 11.1. The number of ether oxygens (including phenoxy) is 2. The molecule has 1 amide bonds. The topological polar surface area (TPSA) is 102 Å². The van der Waals surface area contributed by atoms with Gasteiger partial charge in [0.1, 0.15) is 17.2 Å². The van der Waals surface area contributed by atoms with Gasteiger partial charge in [-0.2, -0.15) is 0 Å². The van der Waals surface area contributed by atoms with E-state index in [4.69, 9.17) is 44.3 Å². The highest BCUT2D eigenvalue weighted by molar-refractivity contribution is 6.32. The van der Waals surface area contributed by atoms with Gasteiger partial charge in [-0.25, -0.2) is 0 Å². The van der Waals surface area contributed by atoms with Gasteiger partial charge >= 0.3 is 0 Å². The first kappa shape index (κ1) is 63.9. The number of hydrogen-bond acceptors (Lipinski definition) is 9. The first-order valence-corrected chi connectivity index (χ1v) is 34.1. The quantitative estimate of drug-likeness (QED) is 0.107. The number of carbonyl (C=O) groups excluding carboxylic acids is 1. The number of halogens is 3. The van der Waals surface area contributed by atoms with E-state index in [-0.39, 0.29) is 23.5 Å². The Hall–Kier alpha value is -7.80. The van der Waals surface area contributed by atoms with Crippen molar-refractivity contribution in [3.63, 3.8) is 0 Å². The molecule has 0 aromatic heterocycles. The zero-order valence-electron chi connectivity index (χ0n) is 53.8. The molecule has 0 spiro atoms. The molecule has 3 heterocycles. The predicted molar refractivity (Wildman–Crippen MR) is 381 cm³/mol. The number of aromatic hydroxyl groups is 1. The molecule has 4 N–H and O–H groups in total. The average Bonchev–Trinajstić information content (AvgIpc) is 1.77. The number of aryl methyl sites for hydroxylation is 3. The summed E-state index contributed by atoms with van der Waals surface area (Å²) in [7, 11) is 10.1. The second kappa shape index (κ2) is 28.4. The second-order valence-electron chi connectivity index (χ2n) is 26.1. The molecular formula is C80H83Cl3N6O4. The maximum absolute atomic E-state index is 12.6. The van der Waals surface area contributed by atoms with Gasteiger partial charge in [-0.05, 0) is 242 Å². The van der Waals surface area contributed by atoms with Gasteiger partial charge in [0.15, 0.2) is 0 Å². The van der Waals surface area contributed by atoms with Crippen LogP contribution in [0.3, 0.4) is 0 Å². The molecule has 0 saturated heterocycles. The fraction of sp³-hybridized carbons (Fsp3) is 0.312. The van der Waals surface area contributed by atoms with E-state index >= 15 is 0 Å². The molecular weight excluding hydrogens is 1220 g/mol. The largest absolute Gasteiger partial charge is 0.506 e. The molecule has 3 aliphatic heterocycles. The van der Waals surface area contributed by atoms with Crippen LogP contribution in [0.1, 0.15) is 125 Å². The van der Waals surface area contributed by atoms with Gasteiger partial charge < -0.3 is 45.2 Å². The van der Waals surface area contributed by atoms with E-state index in [2.05, 4.69) is 179 Å². The number of anilines is 3. The van der Waals surface area contributed by atoms with Crippen molar-refractivity contribution in [2.24, 2.45) is 0 Å². The number of phenolic OH excluding ortho intramolecular Hbond substituents is 1. The summed E-state index contributed by atoms with van der Waals surface area (Å²) in [4.78, 5) is 20.1. The Balaban J connectivity index is 0.000000127. The van der Waals surface area contributed by atoms with Crippen molar-refractivity contribution in [2.75, 3.05) is 70.9 Å². The lowest BCUT2D eigenvalue weighted by Gasteiger charge is -2.38. The Kier molecular flexibility index (Phi) is 19.5. The lowest BCUT2D eigenvalue weighted by Crippen LogP contribution is -2.39. The Labute approximate surface area is 563 Å². The van der Waals surface area contributed by atoms with Crippen LogP contribution in [0, 0.1) is 0 Å². The van der Waals surface area contributed by atoms with Gasteiger partial charge in [0.25, 0.3) is 5.91 Å². The SMILES string of the molecule is CN1CCc2cc(Cl)c(O)cc2[C@H]2c3ccc(NCc4ccccc4)cc3CC[C@@H]21.COc1cc2c(cc1Cl)CCN(C)[C@H]1CCc3cc(NC(=O)c4ccccc4)ccc3[C@H]21.COc1cc2c(cc1Cl)CCN(C)[C@H]1CCc3cc(NCc4ccccc4)ccc3[C@H]21. The average molecular weight is 1300 g/mol. The highest BCUT2D eigenvalue weighted by Crippen LogP contribution is 2.49. The lowest BCUT2D eigenvalue weighted by atomic mass is 9.74. The number of phenols is 1. The molecule has 6 atom stereocenters. The van der Waals surface area contributed by atoms with E-state index in [9.17, 15) is 9.90 Å². The number of carbonyl (C=O) groups is 1. The van der Waals surface area contributed by atoms with Gasteiger partial charge in [0, 0.05) is 91.2 Å². The molecule has 15 rings (SSSR count). The number of hydrogen-bond donors (Lipinski definition) is 4. The summed E-state index contributed by atoms with van der Waals surface area (Å²) in [5, 5.41) is 22.4. The van der Waals surface area contributed by atoms with Gasteiger partial charge in [-0.3, -0.25) is 4.79 Å². The third-order valence-electron chi connectivity index (χ3n) is 20.6. The van der Waals surface area contributed by atoms with Crippen molar-refractivity contribution in [3.8, 4) is 17.2 Å². The summed E-state index contributed by atoms with van der Waals surface area (Å²) in [6, 6.07) is 64.2. The van der Waals surface area contributed by atoms with Crippen LogP contribution in [0.2, 0.25) is 15.1 Å². The minimum absolute atomic E-state index is 0.0850. The molecule has 0 fully saturated rings. The van der Waals surface area contributed by atoms with Crippen LogP contribution in [0.5, 0.6) is 17.2 Å². The maximum Gasteiger partial charge on any atom is 0.255 e. The number of fused-ring (bicyclic) bond motifs is 15. The minimum atomic E-state index is -0.0850. The van der Waals surface area contributed by atoms with Gasteiger partial charge in [-0.15, -0.1) is 0 Å². The van der Waals surface area contributed by atoms with E-state index < -0.39 is 0 Å². The summed E-state index contributed by atoms with van der Waals surface area (Å²) in [6.07, 6.45) is 9.52. The molecule has 10 nitrogen and oxygen atoms in total. The van der Waals surface area contributed by atoms with Crippen LogP contribution in [-0.4, -0.2) is 98.8 Å². The van der Waals surface area contributed by atoms with Crippen molar-refractivity contribution in [1.29, 1.82) is 0 Å². The van der Waals surface area contributed by atoms with Crippen LogP contribution < -0.4 is 25.4 Å². The highest BCUT2D eigenvalue weighted by Gasteiger charge is 2.40. The summed E-state index contributed by atoms with van der Waals surface area (Å²) in [6.45, 7) is 4.75. The molecule has 13 heteroatoms. The molecule has 9 aromatic rings. The van der Waals surface area contributed by atoms with Crippen molar-refractivity contribution in [3.05, 3.63) is 281 Å². The summed E-state index contributed by atoms with van der Waals surface area (Å²) in [5.74, 6) is 2.48. The molecule has 478 valence electrons. The number of benzene rings is 9. The van der Waals surface area contributed by atoms with Crippen molar-refractivity contribution >= 4 is 57.8 Å². The van der Waals surface area contributed by atoms with Crippen molar-refractivity contribution in [2.45, 2.75) is 107 Å². The Morgan fingerprint density at radius 3 is 1.19 bits per heavy atom. The Morgan fingerprint density at radius 1 is 0.430 bits per heavy atom. The van der Waals surface area contributed by atoms with E-state index in [1.54, 1.807) is 14.2 Å². The van der Waals surface area contributed by atoms with Gasteiger partial charge in [-0.1, -0.05) is 132 Å². The standard InChI is InChI=1S/C27H27ClN2O2.C27H29ClN2O.C26H27ClN2O/c1-30-13-12-19-15-23(28)25(32-2)16-22(19)26-21-10-9-20(14-18(21)8-11-24(26)30)29-27(31)17-6-4-3-5-7-17;1-30-13-12-20-15-24(28)26(31-2)16-23(20)27-22-10-9-21(14-19(22)8-11-25(27)30)29-17-18-6-4-3-5-7-18;1-29-12-11-19-14-23(27)25(30)15-22(19)26-21-9-8-20(13-18(21)7-10-24(26)29)28-16-17-5-3-2-4-6-17/h3-7,9-10,14-16,24,26H,8,11-13H2,1-2H3,(H,29,31);3-7,9-10,14-16,25,27,29H,8,11-13,17H2,1-2H3;2-6,8-9,13-15,24,26,28,30H,7,10-12,16H2,1H3/t24-,26+;25-,27+;24-,26+/m000/s1. The molecule has 0 unspecified atom stereocenters. The van der Waals surface area contributed by atoms with E-state index in [0.29, 0.717) is 44.7 Å². The van der Waals surface area contributed by atoms with Crippen LogP contribution >= 0.6 is 34.8 Å². The summed E-state index contributed by atoms with van der Waals surface area (Å²) in [5.41, 5.74) is 22.6. The van der Waals surface area contributed by atoms with E-state index in [1.165, 1.54) is 90.0 Å². The van der Waals surface area contributed by atoms with Crippen LogP contribution in [-0.2, 0) is 51.6 Å². The van der Waals surface area contributed by atoms with Crippen LogP contribution in [0.15, 0.2) is 182 Å². The number of amides is 1. The zero-order chi connectivity index (χ0) is 64.3. The van der Waals surface area contributed by atoms with Crippen LogP contribution in [0.25, 0.3) is 0 Å². The molecule has 0 radical (unpaired) electrons.